The molecule has 0 radical (unpaired) electrons. The van der Waals surface area contributed by atoms with Gasteiger partial charge in [-0.3, -0.25) is 19.4 Å². The molecule has 0 atom stereocenters. The van der Waals surface area contributed by atoms with Crippen LogP contribution < -0.4 is 10.6 Å². The molecule has 6 nitrogen and oxygen atoms in total. The first-order valence-corrected chi connectivity index (χ1v) is 11.0. The minimum absolute atomic E-state index is 0.0218. The fourth-order valence-corrected chi connectivity index (χ4v) is 4.46. The van der Waals surface area contributed by atoms with Crippen LogP contribution in [0, 0.1) is 0 Å². The van der Waals surface area contributed by atoms with Gasteiger partial charge in [-0.15, -0.1) is 11.8 Å². The van der Waals surface area contributed by atoms with E-state index in [1.54, 1.807) is 6.07 Å². The Balaban J connectivity index is 1.19. The van der Waals surface area contributed by atoms with E-state index in [1.165, 1.54) is 17.3 Å². The first-order valence-electron chi connectivity index (χ1n) is 10.0. The lowest BCUT2D eigenvalue weighted by Crippen LogP contribution is -2.48. The Morgan fingerprint density at radius 3 is 2.59 bits per heavy atom. The van der Waals surface area contributed by atoms with E-state index in [2.05, 4.69) is 50.8 Å². The summed E-state index contributed by atoms with van der Waals surface area (Å²) in [6.07, 6.45) is 0. The third-order valence-corrected chi connectivity index (χ3v) is 6.38. The molecule has 2 aromatic carbocycles. The fraction of sp³-hybridized carbons (Fsp3) is 0.364. The first-order chi connectivity index (χ1) is 14.2. The number of piperazine rings is 1. The van der Waals surface area contributed by atoms with Crippen LogP contribution in [-0.2, 0) is 11.3 Å². The van der Waals surface area contributed by atoms with Gasteiger partial charge in [0.05, 0.1) is 11.4 Å². The first kappa shape index (κ1) is 19.9. The number of thioether (sulfide) groups is 1. The second-order valence-electron chi connectivity index (χ2n) is 7.41. The van der Waals surface area contributed by atoms with Crippen LogP contribution in [0.1, 0.15) is 15.9 Å². The van der Waals surface area contributed by atoms with Crippen LogP contribution in [0.4, 0.5) is 5.69 Å². The minimum Gasteiger partial charge on any atom is -0.351 e. The molecule has 0 bridgehead atoms. The summed E-state index contributed by atoms with van der Waals surface area (Å²) in [4.78, 5) is 29.9. The van der Waals surface area contributed by atoms with Gasteiger partial charge in [-0.25, -0.2) is 0 Å². The van der Waals surface area contributed by atoms with Crippen molar-refractivity contribution in [3.05, 3.63) is 59.7 Å². The molecule has 2 amide bonds. The Kier molecular flexibility index (Phi) is 6.49. The highest BCUT2D eigenvalue weighted by atomic mass is 32.2. The maximum absolute atomic E-state index is 12.5. The third kappa shape index (κ3) is 5.38. The van der Waals surface area contributed by atoms with Crippen molar-refractivity contribution in [2.24, 2.45) is 0 Å². The zero-order chi connectivity index (χ0) is 20.1. The van der Waals surface area contributed by atoms with Crippen molar-refractivity contribution >= 4 is 29.3 Å². The van der Waals surface area contributed by atoms with Gasteiger partial charge in [0.1, 0.15) is 0 Å². The number of carbonyl (C=O) groups excluding carboxylic acids is 2. The summed E-state index contributed by atoms with van der Waals surface area (Å²) < 4.78 is 0. The highest BCUT2D eigenvalue weighted by Gasteiger charge is 2.19. The molecule has 0 aliphatic carbocycles. The predicted octanol–water partition coefficient (Wildman–Crippen LogP) is 2.28. The lowest BCUT2D eigenvalue weighted by Gasteiger charge is -2.34. The van der Waals surface area contributed by atoms with E-state index in [0.717, 1.165) is 49.9 Å². The Labute approximate surface area is 175 Å². The summed E-state index contributed by atoms with van der Waals surface area (Å²) in [5.41, 5.74) is 2.67. The molecule has 4 rings (SSSR count). The molecule has 1 saturated heterocycles. The number of amides is 2. The van der Waals surface area contributed by atoms with Gasteiger partial charge in [-0.2, -0.15) is 0 Å². The number of fused-ring (bicyclic) bond motifs is 1. The summed E-state index contributed by atoms with van der Waals surface area (Å²) in [7, 11) is 0. The lowest BCUT2D eigenvalue weighted by molar-refractivity contribution is -0.113. The number of hydrogen-bond donors (Lipinski definition) is 2. The zero-order valence-electron chi connectivity index (χ0n) is 16.4. The summed E-state index contributed by atoms with van der Waals surface area (Å²) in [6, 6.07) is 16.1. The van der Waals surface area contributed by atoms with Crippen LogP contribution in [0.25, 0.3) is 0 Å². The molecule has 7 heteroatoms. The second-order valence-corrected chi connectivity index (χ2v) is 8.42. The average molecular weight is 411 g/mol. The Bertz CT molecular complexity index is 866. The van der Waals surface area contributed by atoms with E-state index in [9.17, 15) is 9.59 Å². The van der Waals surface area contributed by atoms with E-state index in [0.29, 0.717) is 17.9 Å². The molecule has 2 heterocycles. The third-order valence-electron chi connectivity index (χ3n) is 5.30. The maximum atomic E-state index is 12.5. The second kappa shape index (κ2) is 9.43. The molecule has 29 heavy (non-hydrogen) atoms. The van der Waals surface area contributed by atoms with Crippen molar-refractivity contribution in [2.75, 3.05) is 50.3 Å². The maximum Gasteiger partial charge on any atom is 0.251 e. The molecule has 2 aliphatic heterocycles. The molecule has 2 aromatic rings. The van der Waals surface area contributed by atoms with E-state index in [4.69, 9.17) is 0 Å². The van der Waals surface area contributed by atoms with Crippen LogP contribution in [0.15, 0.2) is 53.4 Å². The summed E-state index contributed by atoms with van der Waals surface area (Å²) >= 11 is 1.50. The standard InChI is InChI=1S/C22H26N4O2S/c27-21-16-29-20-7-6-18(14-19(20)24-21)22(28)23-8-9-25-10-12-26(13-11-25)15-17-4-2-1-3-5-17/h1-7,14H,8-13,15-16H2,(H,23,28)(H,24,27). The smallest absolute Gasteiger partial charge is 0.251 e. The van der Waals surface area contributed by atoms with Crippen molar-refractivity contribution in [3.63, 3.8) is 0 Å². The fourth-order valence-electron chi connectivity index (χ4n) is 3.67. The van der Waals surface area contributed by atoms with Crippen LogP contribution in [0.3, 0.4) is 0 Å². The largest absolute Gasteiger partial charge is 0.351 e. The van der Waals surface area contributed by atoms with Crippen molar-refractivity contribution in [2.45, 2.75) is 11.4 Å². The van der Waals surface area contributed by atoms with E-state index >= 15 is 0 Å². The van der Waals surface area contributed by atoms with Crippen molar-refractivity contribution in [1.29, 1.82) is 0 Å². The molecule has 2 N–H and O–H groups in total. The van der Waals surface area contributed by atoms with Crippen LogP contribution >= 0.6 is 11.8 Å². The van der Waals surface area contributed by atoms with Crippen LogP contribution in [0.5, 0.6) is 0 Å². The van der Waals surface area contributed by atoms with Crippen molar-refractivity contribution in [3.8, 4) is 0 Å². The molecule has 0 saturated carbocycles. The minimum atomic E-state index is -0.0969. The molecule has 0 unspecified atom stereocenters. The Morgan fingerprint density at radius 2 is 1.79 bits per heavy atom. The molecular formula is C22H26N4O2S. The van der Waals surface area contributed by atoms with E-state index < -0.39 is 0 Å². The van der Waals surface area contributed by atoms with Crippen LogP contribution in [0.2, 0.25) is 0 Å². The number of rotatable bonds is 6. The van der Waals surface area contributed by atoms with Crippen molar-refractivity contribution < 1.29 is 9.59 Å². The summed E-state index contributed by atoms with van der Waals surface area (Å²) in [5.74, 6) is 0.309. The molecule has 0 aromatic heterocycles. The van der Waals surface area contributed by atoms with Gasteiger partial charge in [-0.1, -0.05) is 30.3 Å². The Morgan fingerprint density at radius 1 is 1.03 bits per heavy atom. The average Bonchev–Trinajstić information content (AvgIpc) is 2.75. The number of hydrogen-bond acceptors (Lipinski definition) is 5. The molecule has 2 aliphatic rings. The van der Waals surface area contributed by atoms with E-state index in [1.807, 2.05) is 12.1 Å². The van der Waals surface area contributed by atoms with Gasteiger partial charge in [0.25, 0.3) is 5.91 Å². The molecule has 152 valence electrons. The highest BCUT2D eigenvalue weighted by molar-refractivity contribution is 8.00. The predicted molar refractivity (Wildman–Crippen MR) is 116 cm³/mol. The van der Waals surface area contributed by atoms with Crippen molar-refractivity contribution in [1.82, 2.24) is 15.1 Å². The number of nitrogens with one attached hydrogen (secondary N) is 2. The van der Waals surface area contributed by atoms with Gasteiger partial charge in [0, 0.05) is 56.3 Å². The topological polar surface area (TPSA) is 64.7 Å². The number of carbonyl (C=O) groups is 2. The monoisotopic (exact) mass is 410 g/mol. The number of benzene rings is 2. The number of anilines is 1. The zero-order valence-corrected chi connectivity index (χ0v) is 17.2. The van der Waals surface area contributed by atoms with Gasteiger partial charge in [-0.05, 0) is 23.8 Å². The van der Waals surface area contributed by atoms with Gasteiger partial charge < -0.3 is 10.6 Å². The lowest BCUT2D eigenvalue weighted by atomic mass is 10.2. The summed E-state index contributed by atoms with van der Waals surface area (Å²) in [6.45, 7) is 6.60. The molecular weight excluding hydrogens is 384 g/mol. The van der Waals surface area contributed by atoms with Gasteiger partial charge in [0.15, 0.2) is 0 Å². The normalized spacial score (nSPS) is 17.4. The highest BCUT2D eigenvalue weighted by Crippen LogP contribution is 2.31. The van der Waals surface area contributed by atoms with Gasteiger partial charge >= 0.3 is 0 Å². The quantitative estimate of drug-likeness (QED) is 0.765. The molecule has 1 fully saturated rings. The van der Waals surface area contributed by atoms with E-state index in [-0.39, 0.29) is 11.8 Å². The molecule has 0 spiro atoms. The summed E-state index contributed by atoms with van der Waals surface area (Å²) in [5, 5.41) is 5.83. The Hall–Kier alpha value is -2.35. The SMILES string of the molecule is O=C1CSc2ccc(C(=O)NCCN3CCN(Cc4ccccc4)CC3)cc2N1. The number of nitrogens with zero attached hydrogens (tertiary/aromatic N) is 2. The van der Waals surface area contributed by atoms with Gasteiger partial charge in [0.2, 0.25) is 5.91 Å². The van der Waals surface area contributed by atoms with Crippen LogP contribution in [-0.4, -0.2) is 66.6 Å².